The van der Waals surface area contributed by atoms with E-state index in [1.165, 1.54) is 12.7 Å². The average Bonchev–Trinajstić information content (AvgIpc) is 2.47. The number of methoxy groups -OCH3 is 1. The Labute approximate surface area is 129 Å². The zero-order valence-electron chi connectivity index (χ0n) is 13.8. The third kappa shape index (κ3) is 10.7. The van der Waals surface area contributed by atoms with Crippen LogP contribution in [0.15, 0.2) is 36.4 Å². The van der Waals surface area contributed by atoms with E-state index in [1.807, 2.05) is 24.3 Å². The Morgan fingerprint density at radius 3 is 2.43 bits per heavy atom. The van der Waals surface area contributed by atoms with Gasteiger partial charge < -0.3 is 9.47 Å². The number of benzene rings is 1. The summed E-state index contributed by atoms with van der Waals surface area (Å²) in [5.41, 5.74) is 1.51. The quantitative estimate of drug-likeness (QED) is 0.449. The fraction of sp³-hybridized carbons (Fsp3) is 0.500. The molecule has 0 spiro atoms. The molecular formula is C18H27O3. The molecule has 0 saturated heterocycles. The largest absolute Gasteiger partial charge is 0.507 e. The van der Waals surface area contributed by atoms with Crippen molar-refractivity contribution in [1.82, 2.24) is 0 Å². The molecule has 1 radical (unpaired) electrons. The molecule has 0 N–H and O–H groups in total. The summed E-state index contributed by atoms with van der Waals surface area (Å²) in [5, 5.41) is 0. The second-order valence-corrected chi connectivity index (χ2v) is 5.50. The topological polar surface area (TPSA) is 35.5 Å². The Hall–Kier alpha value is -1.77. The summed E-state index contributed by atoms with van der Waals surface area (Å²) in [6.07, 6.45) is 5.15. The van der Waals surface area contributed by atoms with Gasteiger partial charge in [-0.3, -0.25) is 0 Å². The van der Waals surface area contributed by atoms with Gasteiger partial charge in [0, 0.05) is 0 Å². The highest BCUT2D eigenvalue weighted by molar-refractivity contribution is 5.59. The molecule has 1 rings (SSSR count). The molecule has 0 aromatic heterocycles. The van der Waals surface area contributed by atoms with Crippen LogP contribution in [0.5, 0.6) is 0 Å². The fourth-order valence-corrected chi connectivity index (χ4v) is 1.41. The first-order valence-corrected chi connectivity index (χ1v) is 7.24. The molecule has 0 bridgehead atoms. The van der Waals surface area contributed by atoms with E-state index in [2.05, 4.69) is 55.4 Å². The van der Waals surface area contributed by atoms with E-state index in [0.717, 1.165) is 12.8 Å². The Bertz CT molecular complexity index is 402. The highest BCUT2D eigenvalue weighted by Gasteiger charge is 2.11. The van der Waals surface area contributed by atoms with E-state index < -0.39 is 6.16 Å². The van der Waals surface area contributed by atoms with Crippen molar-refractivity contribution in [2.45, 2.75) is 46.0 Å². The van der Waals surface area contributed by atoms with Gasteiger partial charge in [-0.25, -0.2) is 4.79 Å². The Kier molecular flexibility index (Phi) is 10.0. The fourth-order valence-electron chi connectivity index (χ4n) is 1.41. The van der Waals surface area contributed by atoms with E-state index in [1.54, 1.807) is 0 Å². The zero-order valence-corrected chi connectivity index (χ0v) is 13.8. The molecule has 0 fully saturated rings. The van der Waals surface area contributed by atoms with Gasteiger partial charge in [-0.1, -0.05) is 64.1 Å². The maximum absolute atomic E-state index is 10.4. The molecular weight excluding hydrogens is 264 g/mol. The number of ether oxygens (including phenoxy) is 2. The van der Waals surface area contributed by atoms with Crippen LogP contribution in [0.4, 0.5) is 4.79 Å². The second-order valence-electron chi connectivity index (χ2n) is 5.50. The summed E-state index contributed by atoms with van der Waals surface area (Å²) in [6.45, 7) is 9.03. The van der Waals surface area contributed by atoms with Crippen LogP contribution in [0.3, 0.4) is 0 Å². The lowest BCUT2D eigenvalue weighted by Crippen LogP contribution is -2.10. The molecule has 3 nitrogen and oxygen atoms in total. The molecule has 0 aliphatic rings. The Morgan fingerprint density at radius 2 is 2.00 bits per heavy atom. The van der Waals surface area contributed by atoms with E-state index in [9.17, 15) is 4.79 Å². The number of hydrogen-bond donors (Lipinski definition) is 0. The molecule has 21 heavy (non-hydrogen) atoms. The smallest absolute Gasteiger partial charge is 0.438 e. The van der Waals surface area contributed by atoms with Crippen molar-refractivity contribution in [3.8, 4) is 0 Å². The van der Waals surface area contributed by atoms with Crippen molar-refractivity contribution in [3.05, 3.63) is 48.0 Å². The molecule has 0 aliphatic carbocycles. The number of allylic oxidation sites excluding steroid dienone is 1. The number of carbonyl (C=O) groups excluding carboxylic acids is 1. The van der Waals surface area contributed by atoms with Crippen molar-refractivity contribution in [1.29, 1.82) is 0 Å². The zero-order chi connectivity index (χ0) is 16.1. The van der Waals surface area contributed by atoms with Gasteiger partial charge in [-0.15, -0.1) is 0 Å². The average molecular weight is 291 g/mol. The van der Waals surface area contributed by atoms with Gasteiger partial charge in [0.15, 0.2) is 0 Å². The summed E-state index contributed by atoms with van der Waals surface area (Å²) in [4.78, 5) is 10.4. The van der Waals surface area contributed by atoms with Crippen molar-refractivity contribution >= 4 is 6.16 Å². The molecule has 0 heterocycles. The predicted molar refractivity (Wildman–Crippen MR) is 86.4 cm³/mol. The van der Waals surface area contributed by atoms with Gasteiger partial charge in [0.2, 0.25) is 0 Å². The summed E-state index contributed by atoms with van der Waals surface area (Å²) >= 11 is 0. The van der Waals surface area contributed by atoms with Crippen LogP contribution in [-0.4, -0.2) is 19.9 Å². The number of rotatable bonds is 4. The third-order valence-electron chi connectivity index (χ3n) is 2.59. The van der Waals surface area contributed by atoms with Crippen LogP contribution in [0.25, 0.3) is 0 Å². The molecule has 117 valence electrons. The highest BCUT2D eigenvalue weighted by Crippen LogP contribution is 2.20. The van der Waals surface area contributed by atoms with Crippen LogP contribution >= 0.6 is 0 Å². The molecule has 0 saturated carbocycles. The monoisotopic (exact) mass is 291 g/mol. The van der Waals surface area contributed by atoms with Gasteiger partial charge in [0.25, 0.3) is 0 Å². The van der Waals surface area contributed by atoms with E-state index in [0.29, 0.717) is 6.61 Å². The SMILES string of the molecule is CC(C)(C)c1[c]cccc1.CC/C=C/CCOC(=O)OC. The summed E-state index contributed by atoms with van der Waals surface area (Å²) in [7, 11) is 1.30. The van der Waals surface area contributed by atoms with Crippen molar-refractivity contribution in [2.24, 2.45) is 0 Å². The first-order chi connectivity index (χ1) is 9.91. The minimum atomic E-state index is -0.616. The lowest BCUT2D eigenvalue weighted by Gasteiger charge is -2.17. The number of hydrogen-bond acceptors (Lipinski definition) is 3. The van der Waals surface area contributed by atoms with Gasteiger partial charge in [0.1, 0.15) is 0 Å². The second kappa shape index (κ2) is 11.0. The highest BCUT2D eigenvalue weighted by atomic mass is 16.7. The van der Waals surface area contributed by atoms with E-state index in [4.69, 9.17) is 0 Å². The molecule has 0 amide bonds. The molecule has 0 unspecified atom stereocenters. The van der Waals surface area contributed by atoms with E-state index in [-0.39, 0.29) is 5.41 Å². The number of carbonyl (C=O) groups is 1. The first kappa shape index (κ1) is 19.2. The van der Waals surface area contributed by atoms with Crippen LogP contribution in [0, 0.1) is 6.07 Å². The van der Waals surface area contributed by atoms with Crippen LogP contribution in [0.1, 0.15) is 46.1 Å². The maximum atomic E-state index is 10.4. The minimum Gasteiger partial charge on any atom is -0.438 e. The molecule has 0 aliphatic heterocycles. The van der Waals surface area contributed by atoms with Crippen LogP contribution < -0.4 is 0 Å². The minimum absolute atomic E-state index is 0.237. The first-order valence-electron chi connectivity index (χ1n) is 7.24. The predicted octanol–water partition coefficient (Wildman–Crippen LogP) is 4.91. The van der Waals surface area contributed by atoms with Crippen molar-refractivity contribution in [3.63, 3.8) is 0 Å². The molecule has 1 aromatic carbocycles. The van der Waals surface area contributed by atoms with Gasteiger partial charge >= 0.3 is 6.16 Å². The maximum Gasteiger partial charge on any atom is 0.507 e. The van der Waals surface area contributed by atoms with Crippen LogP contribution in [0.2, 0.25) is 0 Å². The van der Waals surface area contributed by atoms with Crippen LogP contribution in [-0.2, 0) is 14.9 Å². The lowest BCUT2D eigenvalue weighted by atomic mass is 9.87. The summed E-state index contributed by atoms with van der Waals surface area (Å²) in [5.74, 6) is 0. The molecule has 3 heteroatoms. The van der Waals surface area contributed by atoms with Gasteiger partial charge in [-0.2, -0.15) is 0 Å². The normalized spacial score (nSPS) is 10.7. The lowest BCUT2D eigenvalue weighted by molar-refractivity contribution is 0.0741. The standard InChI is InChI=1S/C10H13.C8H14O3/c1-10(2,3)9-7-5-4-6-8-9;1-3-4-5-6-7-11-8(9)10-2/h4-7H,1-3H3;4-5H,3,6-7H2,1-2H3/b;5-4+. The molecule has 1 aromatic rings. The Balaban J connectivity index is 0.000000382. The van der Waals surface area contributed by atoms with Gasteiger partial charge in [-0.05, 0) is 29.9 Å². The van der Waals surface area contributed by atoms with Crippen molar-refractivity contribution < 1.29 is 14.3 Å². The van der Waals surface area contributed by atoms with E-state index >= 15 is 0 Å². The third-order valence-corrected chi connectivity index (χ3v) is 2.59. The van der Waals surface area contributed by atoms with Gasteiger partial charge in [0.05, 0.1) is 13.7 Å². The summed E-state index contributed by atoms with van der Waals surface area (Å²) < 4.78 is 8.90. The summed E-state index contributed by atoms with van der Waals surface area (Å²) in [6, 6.07) is 11.3. The Morgan fingerprint density at radius 1 is 1.29 bits per heavy atom. The van der Waals surface area contributed by atoms with Crippen molar-refractivity contribution in [2.75, 3.05) is 13.7 Å². The molecule has 0 atom stereocenters.